The van der Waals surface area contributed by atoms with Gasteiger partial charge in [0.25, 0.3) is 5.56 Å². The summed E-state index contributed by atoms with van der Waals surface area (Å²) in [4.78, 5) is 18.6. The molecule has 0 saturated carbocycles. The summed E-state index contributed by atoms with van der Waals surface area (Å²) in [5.41, 5.74) is 2.16. The van der Waals surface area contributed by atoms with Gasteiger partial charge in [0, 0.05) is 44.0 Å². The number of benzene rings is 1. The Morgan fingerprint density at radius 1 is 1.15 bits per heavy atom. The van der Waals surface area contributed by atoms with Crippen LogP contribution in [-0.2, 0) is 23.4 Å². The fourth-order valence-corrected chi connectivity index (χ4v) is 4.03. The van der Waals surface area contributed by atoms with Crippen molar-refractivity contribution in [3.63, 3.8) is 0 Å². The second kappa shape index (κ2) is 6.66. The third-order valence-electron chi connectivity index (χ3n) is 4.25. The SMILES string of the molecule is CN(C)Cc1ccc(-c2cn(C)c(=O)c3cnccc23)cc1S(C)(=O)=O. The highest BCUT2D eigenvalue weighted by atomic mass is 32.2. The van der Waals surface area contributed by atoms with Gasteiger partial charge < -0.3 is 9.47 Å². The quantitative estimate of drug-likeness (QED) is 0.702. The molecule has 2 heterocycles. The summed E-state index contributed by atoms with van der Waals surface area (Å²) in [6.45, 7) is 0.528. The Morgan fingerprint density at radius 2 is 1.88 bits per heavy atom. The van der Waals surface area contributed by atoms with E-state index in [0.29, 0.717) is 16.8 Å². The first-order valence-electron chi connectivity index (χ1n) is 8.10. The van der Waals surface area contributed by atoms with Crippen molar-refractivity contribution < 1.29 is 8.42 Å². The van der Waals surface area contributed by atoms with E-state index in [1.165, 1.54) is 10.8 Å². The van der Waals surface area contributed by atoms with Crippen LogP contribution in [-0.4, -0.2) is 43.2 Å². The minimum Gasteiger partial charge on any atom is -0.317 e. The average Bonchev–Trinajstić information content (AvgIpc) is 2.57. The molecule has 0 N–H and O–H groups in total. The lowest BCUT2D eigenvalue weighted by molar-refractivity contribution is 0.398. The van der Waals surface area contributed by atoms with Gasteiger partial charge >= 0.3 is 0 Å². The van der Waals surface area contributed by atoms with E-state index < -0.39 is 9.84 Å². The molecule has 0 atom stereocenters. The van der Waals surface area contributed by atoms with Gasteiger partial charge in [-0.1, -0.05) is 12.1 Å². The Bertz CT molecular complexity index is 1150. The maximum atomic E-state index is 12.3. The van der Waals surface area contributed by atoms with E-state index in [9.17, 15) is 13.2 Å². The van der Waals surface area contributed by atoms with Crippen LogP contribution in [0.25, 0.3) is 21.9 Å². The highest BCUT2D eigenvalue weighted by Crippen LogP contribution is 2.30. The molecule has 3 aromatic rings. The number of aryl methyl sites for hydroxylation is 1. The molecular formula is C19H21N3O3S. The molecule has 0 radical (unpaired) electrons. The molecule has 0 spiro atoms. The van der Waals surface area contributed by atoms with Gasteiger partial charge in [0.1, 0.15) is 0 Å². The number of sulfone groups is 1. The second-order valence-corrected chi connectivity index (χ2v) is 8.70. The number of fused-ring (bicyclic) bond motifs is 1. The Balaban J connectivity index is 2.31. The molecule has 3 rings (SSSR count). The lowest BCUT2D eigenvalue weighted by Gasteiger charge is -2.16. The third kappa shape index (κ3) is 3.40. The second-order valence-electron chi connectivity index (χ2n) is 6.71. The summed E-state index contributed by atoms with van der Waals surface area (Å²) in [5.74, 6) is 0. The molecule has 26 heavy (non-hydrogen) atoms. The van der Waals surface area contributed by atoms with Gasteiger partial charge in [-0.15, -0.1) is 0 Å². The third-order valence-corrected chi connectivity index (χ3v) is 5.43. The van der Waals surface area contributed by atoms with Crippen LogP contribution >= 0.6 is 0 Å². The Kier molecular flexibility index (Phi) is 4.68. The summed E-state index contributed by atoms with van der Waals surface area (Å²) in [7, 11) is 2.08. The van der Waals surface area contributed by atoms with Crippen molar-refractivity contribution in [2.75, 3.05) is 20.4 Å². The van der Waals surface area contributed by atoms with Crippen molar-refractivity contribution in [1.29, 1.82) is 0 Å². The van der Waals surface area contributed by atoms with E-state index in [-0.39, 0.29) is 5.56 Å². The van der Waals surface area contributed by atoms with Crippen molar-refractivity contribution in [1.82, 2.24) is 14.5 Å². The zero-order valence-corrected chi connectivity index (χ0v) is 16.0. The molecule has 1 aromatic carbocycles. The molecule has 0 aliphatic carbocycles. The number of nitrogens with zero attached hydrogens (tertiary/aromatic N) is 3. The van der Waals surface area contributed by atoms with Gasteiger partial charge in [-0.2, -0.15) is 0 Å². The number of aromatic nitrogens is 2. The standard InChI is InChI=1S/C19H21N3O3S/c1-21(2)11-14-6-5-13(9-18(14)26(4,24)25)17-12-22(3)19(23)16-10-20-8-7-15(16)17/h5-10,12H,11H2,1-4H3. The molecule has 0 unspecified atom stereocenters. The maximum absolute atomic E-state index is 12.3. The van der Waals surface area contributed by atoms with E-state index in [1.807, 2.05) is 31.1 Å². The van der Waals surface area contributed by atoms with Crippen LogP contribution in [0.4, 0.5) is 0 Å². The highest BCUT2D eigenvalue weighted by molar-refractivity contribution is 7.90. The largest absolute Gasteiger partial charge is 0.317 e. The van der Waals surface area contributed by atoms with Gasteiger partial charge in [0.2, 0.25) is 0 Å². The summed E-state index contributed by atoms with van der Waals surface area (Å²) in [6, 6.07) is 7.20. The Morgan fingerprint density at radius 3 is 2.54 bits per heavy atom. The monoisotopic (exact) mass is 371 g/mol. The van der Waals surface area contributed by atoms with Gasteiger partial charge in [-0.25, -0.2) is 8.42 Å². The molecule has 6 nitrogen and oxygen atoms in total. The first-order valence-corrected chi connectivity index (χ1v) is 9.99. The Labute approximate surface area is 152 Å². The molecule has 0 aliphatic heterocycles. The van der Waals surface area contributed by atoms with Gasteiger partial charge in [0.15, 0.2) is 9.84 Å². The summed E-state index contributed by atoms with van der Waals surface area (Å²) < 4.78 is 26.1. The molecule has 7 heteroatoms. The summed E-state index contributed by atoms with van der Waals surface area (Å²) >= 11 is 0. The average molecular weight is 371 g/mol. The summed E-state index contributed by atoms with van der Waals surface area (Å²) in [6.07, 6.45) is 6.12. The molecule has 0 aliphatic rings. The number of hydrogen-bond donors (Lipinski definition) is 0. The molecule has 2 aromatic heterocycles. The van der Waals surface area contributed by atoms with Crippen LogP contribution < -0.4 is 5.56 Å². The smallest absolute Gasteiger partial charge is 0.259 e. The molecular weight excluding hydrogens is 350 g/mol. The van der Waals surface area contributed by atoms with Crippen LogP contribution in [0.1, 0.15) is 5.56 Å². The van der Waals surface area contributed by atoms with Crippen LogP contribution in [0.3, 0.4) is 0 Å². The molecule has 0 amide bonds. The van der Waals surface area contributed by atoms with Crippen molar-refractivity contribution in [2.24, 2.45) is 7.05 Å². The maximum Gasteiger partial charge on any atom is 0.259 e. The minimum absolute atomic E-state index is 0.135. The lowest BCUT2D eigenvalue weighted by Crippen LogP contribution is -2.17. The fourth-order valence-electron chi connectivity index (χ4n) is 3.08. The lowest BCUT2D eigenvalue weighted by atomic mass is 10.0. The van der Waals surface area contributed by atoms with Crippen LogP contribution in [0, 0.1) is 0 Å². The van der Waals surface area contributed by atoms with E-state index in [0.717, 1.165) is 22.1 Å². The highest BCUT2D eigenvalue weighted by Gasteiger charge is 2.17. The van der Waals surface area contributed by atoms with Crippen LogP contribution in [0.2, 0.25) is 0 Å². The van der Waals surface area contributed by atoms with E-state index in [1.54, 1.807) is 37.8 Å². The molecule has 0 bridgehead atoms. The van der Waals surface area contributed by atoms with Gasteiger partial charge in [-0.3, -0.25) is 9.78 Å². The predicted octanol–water partition coefficient (Wildman–Crippen LogP) is 2.07. The zero-order chi connectivity index (χ0) is 19.1. The Hall–Kier alpha value is -2.51. The number of hydrogen-bond acceptors (Lipinski definition) is 5. The first kappa shape index (κ1) is 18.3. The first-order chi connectivity index (χ1) is 12.2. The van der Waals surface area contributed by atoms with E-state index in [2.05, 4.69) is 4.98 Å². The van der Waals surface area contributed by atoms with Gasteiger partial charge in [-0.05, 0) is 42.7 Å². The van der Waals surface area contributed by atoms with Crippen molar-refractivity contribution >= 4 is 20.6 Å². The number of pyridine rings is 2. The predicted molar refractivity (Wildman–Crippen MR) is 103 cm³/mol. The molecule has 0 fully saturated rings. The summed E-state index contributed by atoms with van der Waals surface area (Å²) in [5, 5.41) is 1.26. The van der Waals surface area contributed by atoms with Crippen LogP contribution in [0.15, 0.2) is 52.5 Å². The normalized spacial score (nSPS) is 12.0. The van der Waals surface area contributed by atoms with Crippen LogP contribution in [0.5, 0.6) is 0 Å². The van der Waals surface area contributed by atoms with E-state index in [4.69, 9.17) is 0 Å². The zero-order valence-electron chi connectivity index (χ0n) is 15.2. The van der Waals surface area contributed by atoms with E-state index >= 15 is 0 Å². The van der Waals surface area contributed by atoms with Gasteiger partial charge in [0.05, 0.1) is 10.3 Å². The number of rotatable bonds is 4. The minimum atomic E-state index is -3.39. The molecule has 136 valence electrons. The van der Waals surface area contributed by atoms with Crippen molar-refractivity contribution in [3.8, 4) is 11.1 Å². The fraction of sp³-hybridized carbons (Fsp3) is 0.263. The van der Waals surface area contributed by atoms with Crippen molar-refractivity contribution in [2.45, 2.75) is 11.4 Å². The topological polar surface area (TPSA) is 72.3 Å². The molecule has 0 saturated heterocycles. The van der Waals surface area contributed by atoms with Crippen molar-refractivity contribution in [3.05, 3.63) is 58.8 Å².